The molecule has 2 rings (SSSR count). The van der Waals surface area contributed by atoms with Crippen molar-refractivity contribution in [2.45, 2.75) is 0 Å². The van der Waals surface area contributed by atoms with Crippen molar-refractivity contribution in [3.63, 3.8) is 0 Å². The molecule has 0 aliphatic heterocycles. The van der Waals surface area contributed by atoms with Crippen LogP contribution in [0.5, 0.6) is 0 Å². The Hall–Kier alpha value is -3.80. The third-order valence-corrected chi connectivity index (χ3v) is 3.41. The Morgan fingerprint density at radius 3 is 1.15 bits per heavy atom. The van der Waals surface area contributed by atoms with E-state index in [1.807, 2.05) is 0 Å². The molecule has 0 aromatic heterocycles. The van der Waals surface area contributed by atoms with Gasteiger partial charge in [-0.05, 0) is 47.5 Å². The standard InChI is InChI=1S/C20H14O6/c21-17(11-5-13-1-7-15(8-2-13)19(23)24)18(22)12-6-14-3-9-16(10-4-14)20(25)26/h1-12H,(H,23,24)(H,25,26). The van der Waals surface area contributed by atoms with Crippen LogP contribution in [0.4, 0.5) is 0 Å². The van der Waals surface area contributed by atoms with Gasteiger partial charge in [0.1, 0.15) is 0 Å². The Kier molecular flexibility index (Phi) is 5.95. The number of ketones is 2. The summed E-state index contributed by atoms with van der Waals surface area (Å²) in [6, 6.07) is 11.7. The fraction of sp³-hybridized carbons (Fsp3) is 0. The van der Waals surface area contributed by atoms with Crippen LogP contribution < -0.4 is 0 Å². The molecule has 26 heavy (non-hydrogen) atoms. The number of hydrogen-bond donors (Lipinski definition) is 2. The lowest BCUT2D eigenvalue weighted by atomic mass is 10.1. The Morgan fingerprint density at radius 1 is 0.577 bits per heavy atom. The van der Waals surface area contributed by atoms with Crippen molar-refractivity contribution < 1.29 is 29.4 Å². The van der Waals surface area contributed by atoms with Crippen LogP contribution in [0.25, 0.3) is 12.2 Å². The van der Waals surface area contributed by atoms with Crippen molar-refractivity contribution in [2.24, 2.45) is 0 Å². The van der Waals surface area contributed by atoms with E-state index in [0.29, 0.717) is 11.1 Å². The summed E-state index contributed by atoms with van der Waals surface area (Å²) in [6.45, 7) is 0. The maximum Gasteiger partial charge on any atom is 0.335 e. The first-order chi connectivity index (χ1) is 12.4. The minimum absolute atomic E-state index is 0.126. The van der Waals surface area contributed by atoms with Crippen LogP contribution in [0, 0.1) is 0 Å². The topological polar surface area (TPSA) is 109 Å². The predicted molar refractivity (Wildman–Crippen MR) is 94.9 cm³/mol. The van der Waals surface area contributed by atoms with E-state index in [1.54, 1.807) is 0 Å². The number of carbonyl (C=O) groups excluding carboxylic acids is 2. The van der Waals surface area contributed by atoms with E-state index in [-0.39, 0.29) is 11.1 Å². The molecular formula is C20H14O6. The summed E-state index contributed by atoms with van der Waals surface area (Å²) in [6.07, 6.45) is 5.05. The van der Waals surface area contributed by atoms with Gasteiger partial charge in [0, 0.05) is 0 Å². The van der Waals surface area contributed by atoms with Gasteiger partial charge in [0.25, 0.3) is 0 Å². The van der Waals surface area contributed by atoms with Crippen molar-refractivity contribution in [1.29, 1.82) is 0 Å². The molecule has 6 nitrogen and oxygen atoms in total. The van der Waals surface area contributed by atoms with Crippen LogP contribution in [0.1, 0.15) is 31.8 Å². The second kappa shape index (κ2) is 8.34. The highest BCUT2D eigenvalue weighted by molar-refractivity contribution is 6.46. The molecule has 2 aromatic carbocycles. The zero-order valence-corrected chi connectivity index (χ0v) is 13.5. The second-order valence-electron chi connectivity index (χ2n) is 5.25. The Labute approximate surface area is 148 Å². The summed E-state index contributed by atoms with van der Waals surface area (Å²) in [7, 11) is 0. The highest BCUT2D eigenvalue weighted by Crippen LogP contribution is 2.08. The lowest BCUT2D eigenvalue weighted by Gasteiger charge is -1.96. The number of rotatable bonds is 7. The first-order valence-corrected chi connectivity index (χ1v) is 7.48. The average molecular weight is 350 g/mol. The smallest absolute Gasteiger partial charge is 0.335 e. The van der Waals surface area contributed by atoms with Gasteiger partial charge in [-0.25, -0.2) is 9.59 Å². The second-order valence-corrected chi connectivity index (χ2v) is 5.25. The van der Waals surface area contributed by atoms with Crippen LogP contribution in [0.15, 0.2) is 60.7 Å². The van der Waals surface area contributed by atoms with Gasteiger partial charge in [-0.2, -0.15) is 0 Å². The van der Waals surface area contributed by atoms with E-state index < -0.39 is 23.5 Å². The van der Waals surface area contributed by atoms with E-state index in [9.17, 15) is 19.2 Å². The van der Waals surface area contributed by atoms with Crippen LogP contribution >= 0.6 is 0 Å². The summed E-state index contributed by atoms with van der Waals surface area (Å²) in [4.78, 5) is 45.1. The van der Waals surface area contributed by atoms with Gasteiger partial charge in [-0.15, -0.1) is 0 Å². The SMILES string of the molecule is O=C(C=Cc1ccc(C(=O)O)cc1)C(=O)C=Cc1ccc(C(=O)O)cc1. The fourth-order valence-corrected chi connectivity index (χ4v) is 1.98. The monoisotopic (exact) mass is 350 g/mol. The van der Waals surface area contributed by atoms with Gasteiger partial charge in [0.2, 0.25) is 11.6 Å². The van der Waals surface area contributed by atoms with Crippen LogP contribution in [0.3, 0.4) is 0 Å². The van der Waals surface area contributed by atoms with Crippen molar-refractivity contribution in [2.75, 3.05) is 0 Å². The molecule has 130 valence electrons. The molecule has 0 fully saturated rings. The molecule has 0 saturated heterocycles. The number of allylic oxidation sites excluding steroid dienone is 2. The zero-order chi connectivity index (χ0) is 19.1. The Bertz CT molecular complexity index is 825. The highest BCUT2D eigenvalue weighted by atomic mass is 16.4. The normalized spacial score (nSPS) is 10.9. The van der Waals surface area contributed by atoms with Crippen LogP contribution in [-0.4, -0.2) is 33.7 Å². The van der Waals surface area contributed by atoms with E-state index >= 15 is 0 Å². The number of aromatic carboxylic acids is 2. The van der Waals surface area contributed by atoms with Gasteiger partial charge in [-0.3, -0.25) is 9.59 Å². The number of carbonyl (C=O) groups is 4. The molecule has 0 radical (unpaired) electrons. The molecule has 6 heteroatoms. The third-order valence-electron chi connectivity index (χ3n) is 3.41. The van der Waals surface area contributed by atoms with Crippen LogP contribution in [0.2, 0.25) is 0 Å². The lowest BCUT2D eigenvalue weighted by Crippen LogP contribution is -2.06. The fourth-order valence-electron chi connectivity index (χ4n) is 1.98. The number of carboxylic acid groups (broad SMARTS) is 2. The van der Waals surface area contributed by atoms with Crippen molar-refractivity contribution >= 4 is 35.7 Å². The minimum atomic E-state index is -1.05. The molecule has 0 spiro atoms. The van der Waals surface area contributed by atoms with Crippen LogP contribution in [-0.2, 0) is 9.59 Å². The first-order valence-electron chi connectivity index (χ1n) is 7.48. The molecular weight excluding hydrogens is 336 g/mol. The van der Waals surface area contributed by atoms with Crippen molar-refractivity contribution in [3.05, 3.63) is 82.9 Å². The number of hydrogen-bond acceptors (Lipinski definition) is 4. The van der Waals surface area contributed by atoms with Gasteiger partial charge < -0.3 is 10.2 Å². The van der Waals surface area contributed by atoms with Gasteiger partial charge in [0.05, 0.1) is 11.1 Å². The molecule has 0 aliphatic carbocycles. The molecule has 0 aliphatic rings. The molecule has 0 amide bonds. The lowest BCUT2D eigenvalue weighted by molar-refractivity contribution is -0.130. The van der Waals surface area contributed by atoms with Gasteiger partial charge in [-0.1, -0.05) is 36.4 Å². The zero-order valence-electron chi connectivity index (χ0n) is 13.5. The maximum absolute atomic E-state index is 11.8. The predicted octanol–water partition coefficient (Wildman–Crippen LogP) is 2.95. The highest BCUT2D eigenvalue weighted by Gasteiger charge is 2.07. The average Bonchev–Trinajstić information content (AvgIpc) is 2.64. The molecule has 0 atom stereocenters. The summed E-state index contributed by atoms with van der Waals surface area (Å²) in [5.41, 5.74) is 1.43. The first kappa shape index (κ1) is 18.5. The Morgan fingerprint density at radius 2 is 0.885 bits per heavy atom. The quantitative estimate of drug-likeness (QED) is 0.587. The van der Waals surface area contributed by atoms with E-state index in [4.69, 9.17) is 10.2 Å². The number of carboxylic acids is 2. The Balaban J connectivity index is 1.99. The van der Waals surface area contributed by atoms with Gasteiger partial charge >= 0.3 is 11.9 Å². The molecule has 2 aromatic rings. The minimum Gasteiger partial charge on any atom is -0.478 e. The van der Waals surface area contributed by atoms with E-state index in [2.05, 4.69) is 0 Å². The molecule has 0 unspecified atom stereocenters. The summed E-state index contributed by atoms with van der Waals surface area (Å²) in [5.74, 6) is -3.56. The largest absolute Gasteiger partial charge is 0.478 e. The molecule has 0 heterocycles. The van der Waals surface area contributed by atoms with Gasteiger partial charge in [0.15, 0.2) is 0 Å². The van der Waals surface area contributed by atoms with Crippen molar-refractivity contribution in [3.8, 4) is 0 Å². The molecule has 0 saturated carbocycles. The van der Waals surface area contributed by atoms with Crippen molar-refractivity contribution in [1.82, 2.24) is 0 Å². The van der Waals surface area contributed by atoms with E-state index in [0.717, 1.165) is 12.2 Å². The maximum atomic E-state index is 11.8. The summed E-state index contributed by atoms with van der Waals surface area (Å²) >= 11 is 0. The summed E-state index contributed by atoms with van der Waals surface area (Å²) in [5, 5.41) is 17.6. The molecule has 2 N–H and O–H groups in total. The molecule has 0 bridgehead atoms. The van der Waals surface area contributed by atoms with E-state index in [1.165, 1.54) is 60.7 Å². The third kappa shape index (κ3) is 5.10. The number of benzene rings is 2. The summed E-state index contributed by atoms with van der Waals surface area (Å²) < 4.78 is 0.